The van der Waals surface area contributed by atoms with Crippen LogP contribution in [0.4, 0.5) is 0 Å². The third-order valence-electron chi connectivity index (χ3n) is 6.61. The van der Waals surface area contributed by atoms with Gasteiger partial charge < -0.3 is 15.1 Å². The van der Waals surface area contributed by atoms with Crippen LogP contribution in [0.25, 0.3) is 21.8 Å². The maximum atomic E-state index is 12.0. The van der Waals surface area contributed by atoms with Gasteiger partial charge in [-0.15, -0.1) is 0 Å². The third kappa shape index (κ3) is 11.7. The number of carbonyl (C=O) groups excluding carboxylic acids is 2. The number of benzene rings is 2. The second-order valence-corrected chi connectivity index (χ2v) is 19.6. The first-order valence-corrected chi connectivity index (χ1v) is 21.5. The Labute approximate surface area is 329 Å². The van der Waals surface area contributed by atoms with Crippen molar-refractivity contribution in [2.45, 2.75) is 61.0 Å². The molecule has 2 aromatic carbocycles. The Kier molecular flexibility index (Phi) is 18.1. The molecule has 4 aromatic rings. The number of aliphatic carboxylic acids is 1. The van der Waals surface area contributed by atoms with E-state index < -0.39 is 9.76 Å². The Morgan fingerprint density at radius 1 is 0.891 bits per heavy atom. The molecule has 0 fully saturated rings. The predicted octanol–water partition coefficient (Wildman–Crippen LogP) is 12.9. The standard InChI is InChI=1S/C12H8BrCl2NO.C12H9Cl2NO.C3H5Cl3.C2H4O2.2BrH.Cu/c13-6-2-1-5-9-8(16-11(5)12(6)17)4-3-7(14)10(9)15;13-7-4-5-8-10(11(7)14)6-2-1-3-9(16)12(6)15-8;1-2-3(4,5)6;1-2(3)4;;;/h3-4,6,16H,1-2H2;4-5,15H,1-3H2;2H2,1H3;1H3,(H,3,4);2*1H;/q;;;;;;+2/p-2. The summed E-state index contributed by atoms with van der Waals surface area (Å²) in [5.41, 5.74) is 5.17. The van der Waals surface area contributed by atoms with E-state index in [2.05, 4.69) is 54.1 Å². The quantitative estimate of drug-likeness (QED) is 0.121. The summed E-state index contributed by atoms with van der Waals surface area (Å²) in [6.45, 7) is 2.90. The van der Waals surface area contributed by atoms with Crippen molar-refractivity contribution in [1.82, 2.24) is 9.97 Å². The number of ketones is 2. The van der Waals surface area contributed by atoms with Gasteiger partial charge in [0.05, 0.1) is 36.3 Å². The van der Waals surface area contributed by atoms with Crippen molar-refractivity contribution < 1.29 is 30.8 Å². The van der Waals surface area contributed by atoms with Crippen LogP contribution in [0.1, 0.15) is 71.6 Å². The monoisotopic (exact) mass is 1010 g/mol. The molecule has 2 aliphatic carbocycles. The number of aryl methyl sites for hydroxylation is 2. The van der Waals surface area contributed by atoms with E-state index in [0.717, 1.165) is 65.5 Å². The Morgan fingerprint density at radius 2 is 1.30 bits per heavy atom. The number of hydrogen-bond acceptors (Lipinski definition) is 3. The Hall–Kier alpha value is 0.319. The van der Waals surface area contributed by atoms with Crippen LogP contribution in [-0.2, 0) is 29.0 Å². The molecule has 6 nitrogen and oxygen atoms in total. The molecule has 0 bridgehead atoms. The summed E-state index contributed by atoms with van der Waals surface area (Å²) >= 11 is 50.9. The topological polar surface area (TPSA) is 103 Å². The van der Waals surface area contributed by atoms with E-state index in [1.54, 1.807) is 12.1 Å². The molecule has 0 spiro atoms. The van der Waals surface area contributed by atoms with Crippen molar-refractivity contribution in [3.05, 3.63) is 66.9 Å². The van der Waals surface area contributed by atoms with Gasteiger partial charge in [0.1, 0.15) is 0 Å². The summed E-state index contributed by atoms with van der Waals surface area (Å²) in [6.07, 6.45) is 4.59. The van der Waals surface area contributed by atoms with Gasteiger partial charge in [0.2, 0.25) is 0 Å². The molecule has 17 heteroatoms. The van der Waals surface area contributed by atoms with Gasteiger partial charge in [-0.1, -0.05) is 104 Å². The molecular formula is C29H26Br3Cl7CuN2O4. The van der Waals surface area contributed by atoms with Gasteiger partial charge in [0.25, 0.3) is 5.97 Å². The Morgan fingerprint density at radius 3 is 1.74 bits per heavy atom. The van der Waals surface area contributed by atoms with E-state index in [0.29, 0.717) is 44.3 Å². The van der Waals surface area contributed by atoms with Crippen molar-refractivity contribution in [2.24, 2.45) is 0 Å². The Bertz CT molecular complexity index is 1710. The van der Waals surface area contributed by atoms with Gasteiger partial charge in [-0.3, -0.25) is 14.4 Å². The molecule has 0 radical (unpaired) electrons. The molecule has 2 aliphatic rings. The average Bonchev–Trinajstić information content (AvgIpc) is 3.56. The van der Waals surface area contributed by atoms with Crippen molar-refractivity contribution in [2.75, 3.05) is 0 Å². The summed E-state index contributed by atoms with van der Waals surface area (Å²) in [5.74, 6) is -0.570. The fraction of sp³-hybridized carbons (Fsp3) is 0.345. The third-order valence-corrected chi connectivity index (χ3v) is 9.89. The fourth-order valence-corrected chi connectivity index (χ4v) is 5.96. The molecule has 0 saturated heterocycles. The minimum absolute atomic E-state index is 0.0923. The first kappa shape index (κ1) is 42.5. The zero-order valence-electron chi connectivity index (χ0n) is 23.9. The van der Waals surface area contributed by atoms with Crippen LogP contribution in [0.5, 0.6) is 0 Å². The summed E-state index contributed by atoms with van der Waals surface area (Å²) < 4.78 is -1.04. The van der Waals surface area contributed by atoms with Crippen LogP contribution in [0.3, 0.4) is 0 Å². The number of aromatic amines is 2. The number of carboxylic acids is 1. The van der Waals surface area contributed by atoms with Gasteiger partial charge in [-0.05, 0) is 67.5 Å². The van der Waals surface area contributed by atoms with Crippen LogP contribution >= 0.6 is 125 Å². The van der Waals surface area contributed by atoms with Crippen molar-refractivity contribution in [3.63, 3.8) is 0 Å². The van der Waals surface area contributed by atoms with E-state index in [1.165, 1.54) is 11.3 Å². The van der Waals surface area contributed by atoms with Crippen LogP contribution in [0.2, 0.25) is 20.1 Å². The normalized spacial score (nSPS) is 15.3. The first-order valence-electron chi connectivity index (χ1n) is 13.2. The van der Waals surface area contributed by atoms with Crippen molar-refractivity contribution >= 4 is 165 Å². The number of hydrogen-bond donors (Lipinski definition) is 3. The number of Topliss-reactive ketones (excluding diaryl/α,β-unsaturated/α-hetero) is 2. The number of rotatable bonds is 0. The van der Waals surface area contributed by atoms with E-state index in [9.17, 15) is 9.59 Å². The van der Waals surface area contributed by atoms with Crippen LogP contribution in [0, 0.1) is 0 Å². The predicted molar refractivity (Wildman–Crippen MR) is 201 cm³/mol. The van der Waals surface area contributed by atoms with Crippen LogP contribution < -0.4 is 0 Å². The molecular weight excluding hydrogens is 992 g/mol. The second-order valence-electron chi connectivity index (χ2n) is 9.70. The van der Waals surface area contributed by atoms with Crippen LogP contribution in [0.15, 0.2) is 24.3 Å². The number of carboxylic acid groups (broad SMARTS) is 1. The summed E-state index contributed by atoms with van der Waals surface area (Å²) in [4.78, 5) is 39.0. The summed E-state index contributed by atoms with van der Waals surface area (Å²) in [6, 6.07) is 7.22. The number of fused-ring (bicyclic) bond motifs is 6. The molecule has 2 heterocycles. The first-order chi connectivity index (χ1) is 21.5. The molecule has 0 amide bonds. The van der Waals surface area contributed by atoms with Gasteiger partial charge >= 0.3 is 39.6 Å². The van der Waals surface area contributed by atoms with Gasteiger partial charge in [-0.25, -0.2) is 0 Å². The molecule has 1 unspecified atom stereocenters. The molecule has 0 aliphatic heterocycles. The molecule has 6 rings (SSSR count). The zero-order valence-corrected chi connectivity index (χ0v) is 34.9. The van der Waals surface area contributed by atoms with E-state index in [1.807, 2.05) is 19.1 Å². The molecule has 2 aromatic heterocycles. The number of aromatic nitrogens is 2. The minimum atomic E-state index is -1.04. The van der Waals surface area contributed by atoms with E-state index >= 15 is 0 Å². The Balaban J connectivity index is 0.000000235. The summed E-state index contributed by atoms with van der Waals surface area (Å²) in [5, 5.41) is 11.4. The number of halogens is 10. The SMILES string of the molecule is CC(=O)O.CCC(Cl)(Cl)Cl.O=C1CCCc2c1[nH]c1ccc(Cl)c(Cl)c21.O=C1c2[nH]c3ccc(Cl)c(Cl)c3c2CCC1Br.[Br][Cu][Br]. The van der Waals surface area contributed by atoms with Crippen molar-refractivity contribution in [3.8, 4) is 0 Å². The average molecular weight is 1020 g/mol. The summed E-state index contributed by atoms with van der Waals surface area (Å²) in [7, 11) is 0. The number of alkyl halides is 4. The number of carbonyl (C=O) groups is 3. The van der Waals surface area contributed by atoms with Crippen molar-refractivity contribution in [1.29, 1.82) is 0 Å². The molecule has 1 atom stereocenters. The second kappa shape index (κ2) is 19.6. The van der Waals surface area contributed by atoms with Gasteiger partial charge in [-0.2, -0.15) is 0 Å². The molecule has 46 heavy (non-hydrogen) atoms. The van der Waals surface area contributed by atoms with Gasteiger partial charge in [0, 0.05) is 35.2 Å². The van der Waals surface area contributed by atoms with E-state index in [-0.39, 0.29) is 16.4 Å². The zero-order chi connectivity index (χ0) is 34.9. The number of H-pyrrole nitrogens is 2. The molecule has 3 N–H and O–H groups in total. The molecule has 257 valence electrons. The van der Waals surface area contributed by atoms with Crippen LogP contribution in [-0.4, -0.2) is 41.2 Å². The maximum absolute atomic E-state index is 12.0. The number of nitrogens with one attached hydrogen (secondary N) is 2. The van der Waals surface area contributed by atoms with E-state index in [4.69, 9.17) is 91.1 Å². The molecule has 0 saturated carbocycles. The fourth-order valence-electron chi connectivity index (χ4n) is 4.63. The van der Waals surface area contributed by atoms with Gasteiger partial charge in [0.15, 0.2) is 15.4 Å².